The van der Waals surface area contributed by atoms with Gasteiger partial charge in [-0.05, 0) is 19.8 Å². The van der Waals surface area contributed by atoms with Crippen LogP contribution in [0.1, 0.15) is 51.9 Å². The van der Waals surface area contributed by atoms with E-state index < -0.39 is 0 Å². The zero-order valence-electron chi connectivity index (χ0n) is 14.4. The fraction of sp³-hybridized carbons (Fsp3) is 0.824. The van der Waals surface area contributed by atoms with E-state index in [4.69, 9.17) is 9.47 Å². The molecule has 0 radical (unpaired) electrons. The summed E-state index contributed by atoms with van der Waals surface area (Å²) in [5.74, 6) is -0.496. The van der Waals surface area contributed by atoms with Gasteiger partial charge in [0.2, 0.25) is 11.8 Å². The molecule has 2 fully saturated rings. The fourth-order valence-corrected chi connectivity index (χ4v) is 3.30. The van der Waals surface area contributed by atoms with Gasteiger partial charge in [-0.25, -0.2) is 0 Å². The zero-order chi connectivity index (χ0) is 17.4. The van der Waals surface area contributed by atoms with Gasteiger partial charge in [0.1, 0.15) is 0 Å². The van der Waals surface area contributed by atoms with Crippen molar-refractivity contribution in [2.75, 3.05) is 26.4 Å². The predicted molar refractivity (Wildman–Crippen MR) is 87.2 cm³/mol. The van der Waals surface area contributed by atoms with Crippen LogP contribution in [-0.2, 0) is 23.9 Å². The van der Waals surface area contributed by atoms with E-state index in [1.807, 2.05) is 0 Å². The number of carbonyl (C=O) groups excluding carboxylic acids is 3. The molecule has 1 saturated carbocycles. The third kappa shape index (κ3) is 5.78. The summed E-state index contributed by atoms with van der Waals surface area (Å²) in [5.41, 5.74) is 0. The van der Waals surface area contributed by atoms with Crippen LogP contribution in [0.4, 0.5) is 0 Å². The van der Waals surface area contributed by atoms with Gasteiger partial charge < -0.3 is 19.7 Å². The Balaban J connectivity index is 1.77. The largest absolute Gasteiger partial charge is 0.466 e. The van der Waals surface area contributed by atoms with E-state index >= 15 is 0 Å². The smallest absolute Gasteiger partial charge is 0.307 e. The molecule has 0 aromatic heterocycles. The van der Waals surface area contributed by atoms with Crippen molar-refractivity contribution in [3.8, 4) is 0 Å². The molecule has 2 rings (SSSR count). The Labute approximate surface area is 143 Å². The molecule has 1 atom stereocenters. The maximum Gasteiger partial charge on any atom is 0.307 e. The van der Waals surface area contributed by atoms with Crippen LogP contribution in [0.15, 0.2) is 0 Å². The number of nitrogens with zero attached hydrogens (tertiary/aromatic N) is 1. The zero-order valence-corrected chi connectivity index (χ0v) is 14.4. The Morgan fingerprint density at radius 2 is 1.96 bits per heavy atom. The number of hydrogen-bond donors (Lipinski definition) is 1. The summed E-state index contributed by atoms with van der Waals surface area (Å²) in [6.45, 7) is 3.31. The second-order valence-corrected chi connectivity index (χ2v) is 6.37. The summed E-state index contributed by atoms with van der Waals surface area (Å²) >= 11 is 0. The van der Waals surface area contributed by atoms with Gasteiger partial charge in [-0.1, -0.05) is 12.8 Å². The van der Waals surface area contributed by atoms with Crippen molar-refractivity contribution in [3.05, 3.63) is 0 Å². The monoisotopic (exact) mass is 340 g/mol. The number of amides is 2. The molecule has 1 unspecified atom stereocenters. The van der Waals surface area contributed by atoms with Gasteiger partial charge in [-0.2, -0.15) is 0 Å². The summed E-state index contributed by atoms with van der Waals surface area (Å²) in [6, 6.07) is -0.0317. The summed E-state index contributed by atoms with van der Waals surface area (Å²) in [5, 5.41) is 2.99. The molecule has 1 aliphatic heterocycles. The van der Waals surface area contributed by atoms with Crippen LogP contribution in [-0.4, -0.2) is 61.1 Å². The maximum atomic E-state index is 12.4. The molecular formula is C17H28N2O5. The first-order valence-corrected chi connectivity index (χ1v) is 8.92. The summed E-state index contributed by atoms with van der Waals surface area (Å²) in [7, 11) is 0. The van der Waals surface area contributed by atoms with Gasteiger partial charge in [0, 0.05) is 25.4 Å². The standard InChI is InChI=1S/C17H28N2O5/c1-2-24-17(22)11-14-12-23-10-9-19(14)16(21)8-7-15(20)18-13-5-3-4-6-13/h13-14H,2-12H2,1H3,(H,18,20). The van der Waals surface area contributed by atoms with Crippen LogP contribution in [0.2, 0.25) is 0 Å². The molecule has 1 aliphatic carbocycles. The van der Waals surface area contributed by atoms with E-state index in [2.05, 4.69) is 5.32 Å². The lowest BCUT2D eigenvalue weighted by Crippen LogP contribution is -2.50. The molecule has 24 heavy (non-hydrogen) atoms. The van der Waals surface area contributed by atoms with Crippen molar-refractivity contribution in [3.63, 3.8) is 0 Å². The number of morpholine rings is 1. The molecule has 2 amide bonds. The van der Waals surface area contributed by atoms with E-state index in [1.165, 1.54) is 0 Å². The fourth-order valence-electron chi connectivity index (χ4n) is 3.30. The molecule has 0 spiro atoms. The Bertz CT molecular complexity index is 448. The highest BCUT2D eigenvalue weighted by Crippen LogP contribution is 2.18. The second kappa shape index (κ2) is 9.61. The topological polar surface area (TPSA) is 84.9 Å². The van der Waals surface area contributed by atoms with Crippen molar-refractivity contribution in [1.29, 1.82) is 0 Å². The van der Waals surface area contributed by atoms with Gasteiger partial charge in [0.15, 0.2) is 0 Å². The maximum absolute atomic E-state index is 12.4. The Hall–Kier alpha value is -1.63. The number of nitrogens with one attached hydrogen (secondary N) is 1. The predicted octanol–water partition coefficient (Wildman–Crippen LogP) is 1.01. The van der Waals surface area contributed by atoms with Gasteiger partial charge in [0.05, 0.1) is 32.3 Å². The third-order valence-electron chi connectivity index (χ3n) is 4.54. The minimum absolute atomic E-state index is 0.0644. The summed E-state index contributed by atoms with van der Waals surface area (Å²) < 4.78 is 10.3. The molecule has 1 saturated heterocycles. The van der Waals surface area contributed by atoms with Gasteiger partial charge in [0.25, 0.3) is 0 Å². The second-order valence-electron chi connectivity index (χ2n) is 6.37. The first kappa shape index (κ1) is 18.7. The minimum atomic E-state index is -0.329. The Kier molecular flexibility index (Phi) is 7.49. The van der Waals surface area contributed by atoms with Crippen molar-refractivity contribution < 1.29 is 23.9 Å². The number of carbonyl (C=O) groups is 3. The normalized spacial score (nSPS) is 21.5. The average molecular weight is 340 g/mol. The molecule has 136 valence electrons. The lowest BCUT2D eigenvalue weighted by Gasteiger charge is -2.35. The third-order valence-corrected chi connectivity index (χ3v) is 4.54. The van der Waals surface area contributed by atoms with Crippen molar-refractivity contribution in [1.82, 2.24) is 10.2 Å². The van der Waals surface area contributed by atoms with Crippen LogP contribution in [0.25, 0.3) is 0 Å². The molecule has 7 heteroatoms. The lowest BCUT2D eigenvalue weighted by atomic mass is 10.1. The summed E-state index contributed by atoms with van der Waals surface area (Å²) in [4.78, 5) is 37.7. The number of rotatable bonds is 7. The first-order chi connectivity index (χ1) is 11.6. The van der Waals surface area contributed by atoms with Crippen LogP contribution < -0.4 is 5.32 Å². The highest BCUT2D eigenvalue weighted by molar-refractivity contribution is 5.84. The van der Waals surface area contributed by atoms with Crippen LogP contribution in [0.3, 0.4) is 0 Å². The highest BCUT2D eigenvalue weighted by atomic mass is 16.5. The Morgan fingerprint density at radius 3 is 2.67 bits per heavy atom. The van der Waals surface area contributed by atoms with E-state index in [0.29, 0.717) is 26.4 Å². The van der Waals surface area contributed by atoms with Crippen LogP contribution in [0, 0.1) is 0 Å². The SMILES string of the molecule is CCOC(=O)CC1COCCN1C(=O)CCC(=O)NC1CCCC1. The number of esters is 1. The van der Waals surface area contributed by atoms with Gasteiger partial charge in [-0.15, -0.1) is 0 Å². The molecular weight excluding hydrogens is 312 g/mol. The summed E-state index contributed by atoms with van der Waals surface area (Å²) in [6.07, 6.45) is 4.88. The molecule has 1 N–H and O–H groups in total. The van der Waals surface area contributed by atoms with Crippen molar-refractivity contribution in [2.45, 2.75) is 64.0 Å². The molecule has 2 aliphatic rings. The number of ether oxygens (including phenoxy) is 2. The van der Waals surface area contributed by atoms with E-state index in [9.17, 15) is 14.4 Å². The van der Waals surface area contributed by atoms with Crippen molar-refractivity contribution in [2.24, 2.45) is 0 Å². The molecule has 0 aromatic carbocycles. The van der Waals surface area contributed by atoms with Gasteiger partial charge in [-0.3, -0.25) is 14.4 Å². The van der Waals surface area contributed by atoms with Crippen LogP contribution >= 0.6 is 0 Å². The molecule has 0 bridgehead atoms. The van der Waals surface area contributed by atoms with Crippen molar-refractivity contribution >= 4 is 17.8 Å². The number of hydrogen-bond acceptors (Lipinski definition) is 5. The lowest BCUT2D eigenvalue weighted by molar-refractivity contribution is -0.150. The van der Waals surface area contributed by atoms with E-state index in [1.54, 1.807) is 11.8 Å². The van der Waals surface area contributed by atoms with Crippen LogP contribution in [0.5, 0.6) is 0 Å². The first-order valence-electron chi connectivity index (χ1n) is 8.92. The highest BCUT2D eigenvalue weighted by Gasteiger charge is 2.29. The van der Waals surface area contributed by atoms with Gasteiger partial charge >= 0.3 is 5.97 Å². The molecule has 7 nitrogen and oxygen atoms in total. The Morgan fingerprint density at radius 1 is 1.21 bits per heavy atom. The quantitative estimate of drug-likeness (QED) is 0.699. The molecule has 0 aromatic rings. The van der Waals surface area contributed by atoms with E-state index in [-0.39, 0.29) is 49.1 Å². The minimum Gasteiger partial charge on any atom is -0.466 e. The molecule has 1 heterocycles. The van der Waals surface area contributed by atoms with E-state index in [0.717, 1.165) is 25.7 Å². The average Bonchev–Trinajstić information content (AvgIpc) is 3.06.